The van der Waals surface area contributed by atoms with E-state index in [0.717, 1.165) is 50.7 Å². The van der Waals surface area contributed by atoms with Gasteiger partial charge in [0.2, 0.25) is 5.91 Å². The maximum atomic E-state index is 11.7. The molecule has 8 heteroatoms. The Morgan fingerprint density at radius 1 is 1.32 bits per heavy atom. The summed E-state index contributed by atoms with van der Waals surface area (Å²) < 4.78 is 0. The first kappa shape index (κ1) is 21.5. The molecule has 0 aromatic carbocycles. The Balaban J connectivity index is 0.00000220. The number of carbonyl (C=O) groups is 1. The molecule has 1 saturated heterocycles. The van der Waals surface area contributed by atoms with Crippen LogP contribution in [-0.2, 0) is 10.5 Å². The Hall–Kier alpha value is -0.530. The van der Waals surface area contributed by atoms with Crippen molar-refractivity contribution in [2.75, 3.05) is 45.0 Å². The molecule has 0 atom stereocenters. The molecule has 5 nitrogen and oxygen atoms in total. The smallest absolute Gasteiger partial charge is 0.230 e. The maximum absolute atomic E-state index is 11.7. The third kappa shape index (κ3) is 8.80. The van der Waals surface area contributed by atoms with Gasteiger partial charge in [-0.2, -0.15) is 0 Å². The number of amides is 1. The van der Waals surface area contributed by atoms with Crippen LogP contribution in [0.3, 0.4) is 0 Å². The minimum atomic E-state index is 0. The van der Waals surface area contributed by atoms with Gasteiger partial charge in [0, 0.05) is 51.2 Å². The molecule has 0 spiro atoms. The Morgan fingerprint density at radius 3 is 2.77 bits per heavy atom. The number of pyridine rings is 1. The third-order valence-corrected chi connectivity index (χ3v) is 4.14. The third-order valence-electron chi connectivity index (χ3n) is 3.17. The molecule has 2 rings (SSSR count). The summed E-state index contributed by atoms with van der Waals surface area (Å²) in [5.74, 6) is 1.39. The Bertz CT molecular complexity index is 405. The molecule has 1 fully saturated rings. The van der Waals surface area contributed by atoms with Gasteiger partial charge in [-0.05, 0) is 12.1 Å². The van der Waals surface area contributed by atoms with E-state index in [1.807, 2.05) is 18.2 Å². The number of nitrogens with zero attached hydrogens (tertiary/aromatic N) is 2. The number of rotatable bonds is 7. The average molecular weight is 367 g/mol. The summed E-state index contributed by atoms with van der Waals surface area (Å²) in [5, 5.41) is 6.29. The molecule has 1 amide bonds. The van der Waals surface area contributed by atoms with Gasteiger partial charge in [0.25, 0.3) is 0 Å². The first-order valence-corrected chi connectivity index (χ1v) is 8.17. The molecule has 0 unspecified atom stereocenters. The van der Waals surface area contributed by atoms with Gasteiger partial charge in [-0.15, -0.1) is 36.6 Å². The second kappa shape index (κ2) is 13.0. The highest BCUT2D eigenvalue weighted by Crippen LogP contribution is 2.08. The van der Waals surface area contributed by atoms with Crippen LogP contribution < -0.4 is 10.6 Å². The lowest BCUT2D eigenvalue weighted by atomic mass is 10.3. The second-order valence-electron chi connectivity index (χ2n) is 4.76. The molecular formula is C14H24Cl2N4OS. The molecule has 1 aliphatic rings. The predicted molar refractivity (Wildman–Crippen MR) is 97.2 cm³/mol. The summed E-state index contributed by atoms with van der Waals surface area (Å²) in [5.41, 5.74) is 1.02. The van der Waals surface area contributed by atoms with E-state index in [0.29, 0.717) is 5.75 Å². The van der Waals surface area contributed by atoms with Gasteiger partial charge >= 0.3 is 0 Å². The van der Waals surface area contributed by atoms with E-state index in [4.69, 9.17) is 0 Å². The molecule has 2 heterocycles. The van der Waals surface area contributed by atoms with E-state index in [2.05, 4.69) is 20.5 Å². The van der Waals surface area contributed by atoms with Gasteiger partial charge in [0.15, 0.2) is 0 Å². The van der Waals surface area contributed by atoms with Crippen molar-refractivity contribution in [1.29, 1.82) is 0 Å². The van der Waals surface area contributed by atoms with Gasteiger partial charge < -0.3 is 10.6 Å². The summed E-state index contributed by atoms with van der Waals surface area (Å²) in [7, 11) is 0. The van der Waals surface area contributed by atoms with Crippen LogP contribution in [0.4, 0.5) is 0 Å². The van der Waals surface area contributed by atoms with Gasteiger partial charge in [-0.25, -0.2) is 0 Å². The number of thioether (sulfide) groups is 1. The highest BCUT2D eigenvalue weighted by Gasteiger charge is 2.09. The molecule has 1 aromatic heterocycles. The maximum Gasteiger partial charge on any atom is 0.230 e. The van der Waals surface area contributed by atoms with Crippen LogP contribution in [0, 0.1) is 0 Å². The van der Waals surface area contributed by atoms with Crippen LogP contribution in [0.15, 0.2) is 24.4 Å². The van der Waals surface area contributed by atoms with E-state index in [1.165, 1.54) is 0 Å². The Labute approximate surface area is 148 Å². The van der Waals surface area contributed by atoms with Crippen molar-refractivity contribution < 1.29 is 4.79 Å². The van der Waals surface area contributed by atoms with E-state index in [-0.39, 0.29) is 30.7 Å². The van der Waals surface area contributed by atoms with Crippen LogP contribution in [-0.4, -0.2) is 60.8 Å². The summed E-state index contributed by atoms with van der Waals surface area (Å²) in [6.45, 7) is 5.93. The van der Waals surface area contributed by atoms with E-state index >= 15 is 0 Å². The lowest BCUT2D eigenvalue weighted by Crippen LogP contribution is -2.46. The predicted octanol–water partition coefficient (Wildman–Crippen LogP) is 1.18. The topological polar surface area (TPSA) is 57.3 Å². The molecule has 0 saturated carbocycles. The normalized spacial score (nSPS) is 14.5. The minimum absolute atomic E-state index is 0. The minimum Gasteiger partial charge on any atom is -0.354 e. The van der Waals surface area contributed by atoms with Crippen molar-refractivity contribution in [1.82, 2.24) is 20.5 Å². The van der Waals surface area contributed by atoms with Crippen molar-refractivity contribution in [3.8, 4) is 0 Å². The quantitative estimate of drug-likeness (QED) is 0.758. The standard InChI is InChI=1S/C14H22N4OS.2ClH/c19-14(12-20-11-13-3-1-2-4-16-13)17-7-10-18-8-5-15-6-9-18;;/h1-4,15H,5-12H2,(H,17,19);2*1H. The Morgan fingerprint density at radius 2 is 2.09 bits per heavy atom. The number of carbonyl (C=O) groups excluding carboxylic acids is 1. The van der Waals surface area contributed by atoms with Crippen LogP contribution in [0.1, 0.15) is 5.69 Å². The fourth-order valence-electron chi connectivity index (χ4n) is 2.07. The molecule has 0 aliphatic carbocycles. The largest absolute Gasteiger partial charge is 0.354 e. The summed E-state index contributed by atoms with van der Waals surface area (Å²) in [6.07, 6.45) is 1.78. The Kier molecular flexibility index (Phi) is 12.6. The summed E-state index contributed by atoms with van der Waals surface area (Å²) >= 11 is 1.60. The lowest BCUT2D eigenvalue weighted by Gasteiger charge is -2.27. The monoisotopic (exact) mass is 366 g/mol. The van der Waals surface area contributed by atoms with Gasteiger partial charge in [0.1, 0.15) is 0 Å². The molecule has 0 radical (unpaired) electrons. The summed E-state index contributed by atoms with van der Waals surface area (Å²) in [4.78, 5) is 18.3. The van der Waals surface area contributed by atoms with Crippen molar-refractivity contribution in [3.63, 3.8) is 0 Å². The molecule has 22 heavy (non-hydrogen) atoms. The van der Waals surface area contributed by atoms with Gasteiger partial charge in [0.05, 0.1) is 11.4 Å². The zero-order valence-corrected chi connectivity index (χ0v) is 14.9. The number of hydrogen-bond acceptors (Lipinski definition) is 5. The highest BCUT2D eigenvalue weighted by molar-refractivity contribution is 7.99. The van der Waals surface area contributed by atoms with Crippen LogP contribution in [0.2, 0.25) is 0 Å². The molecule has 1 aromatic rings. The van der Waals surface area contributed by atoms with E-state index < -0.39 is 0 Å². The van der Waals surface area contributed by atoms with Crippen LogP contribution >= 0.6 is 36.6 Å². The molecule has 2 N–H and O–H groups in total. The number of nitrogens with one attached hydrogen (secondary N) is 2. The molecule has 0 bridgehead atoms. The fourth-order valence-corrected chi connectivity index (χ4v) is 2.84. The first-order chi connectivity index (χ1) is 9.84. The van der Waals surface area contributed by atoms with E-state index in [9.17, 15) is 4.79 Å². The van der Waals surface area contributed by atoms with Crippen molar-refractivity contribution in [3.05, 3.63) is 30.1 Å². The molecule has 126 valence electrons. The van der Waals surface area contributed by atoms with Crippen molar-refractivity contribution in [2.45, 2.75) is 5.75 Å². The van der Waals surface area contributed by atoms with Gasteiger partial charge in [-0.1, -0.05) is 6.07 Å². The second-order valence-corrected chi connectivity index (χ2v) is 5.74. The number of halogens is 2. The van der Waals surface area contributed by atoms with Gasteiger partial charge in [-0.3, -0.25) is 14.7 Å². The van der Waals surface area contributed by atoms with Crippen molar-refractivity contribution >= 4 is 42.5 Å². The SMILES string of the molecule is Cl.Cl.O=C(CSCc1ccccn1)NCCN1CCNCC1. The average Bonchev–Trinajstić information content (AvgIpc) is 2.49. The number of hydrogen-bond donors (Lipinski definition) is 2. The highest BCUT2D eigenvalue weighted by atomic mass is 35.5. The lowest BCUT2D eigenvalue weighted by molar-refractivity contribution is -0.118. The fraction of sp³-hybridized carbons (Fsp3) is 0.571. The van der Waals surface area contributed by atoms with Crippen LogP contribution in [0.5, 0.6) is 0 Å². The zero-order chi connectivity index (χ0) is 14.0. The molecule has 1 aliphatic heterocycles. The number of aromatic nitrogens is 1. The van der Waals surface area contributed by atoms with Crippen LogP contribution in [0.25, 0.3) is 0 Å². The zero-order valence-electron chi connectivity index (χ0n) is 12.5. The first-order valence-electron chi connectivity index (χ1n) is 7.02. The van der Waals surface area contributed by atoms with E-state index in [1.54, 1.807) is 18.0 Å². The van der Waals surface area contributed by atoms with Crippen molar-refractivity contribution in [2.24, 2.45) is 0 Å². The number of piperazine rings is 1. The summed E-state index contributed by atoms with van der Waals surface area (Å²) in [6, 6.07) is 5.85. The molecular weight excluding hydrogens is 343 g/mol.